The number of aliphatic carboxylic acids is 1. The van der Waals surface area contributed by atoms with Crippen LogP contribution in [0.3, 0.4) is 0 Å². The molecule has 2 aliphatic carbocycles. The standard InChI is InChI=1S/C31H43N3O7/c1-16(2)12-21(25(35)28(38)39)32-26(36)24-22-20(31(22,6)7)15-34(24)27(37)23(33-29(40)41-30(3,4)5)19-13-17-10-8-9-11-18(17)14-19/h8-11,16,19-24H,12-15H2,1-7H3,(H,32,36)(H,33,40)(H,38,39)/t20?,21?,22?,23-,24-/m0/s1. The molecule has 1 heterocycles. The molecule has 10 heteroatoms. The van der Waals surface area contributed by atoms with Crippen molar-refractivity contribution in [2.45, 2.75) is 91.5 Å². The zero-order valence-electron chi connectivity index (χ0n) is 25.0. The lowest BCUT2D eigenvalue weighted by Crippen LogP contribution is -2.59. The number of carboxylic acids is 1. The molecule has 0 aromatic heterocycles. The summed E-state index contributed by atoms with van der Waals surface area (Å²) in [6.07, 6.45) is 0.643. The maximum absolute atomic E-state index is 14.3. The fourth-order valence-corrected chi connectivity index (χ4v) is 6.75. The highest BCUT2D eigenvalue weighted by Gasteiger charge is 2.69. The van der Waals surface area contributed by atoms with Crippen LogP contribution in [0.1, 0.15) is 66.0 Å². The number of carbonyl (C=O) groups excluding carboxylic acids is 4. The third kappa shape index (κ3) is 6.41. The number of nitrogens with one attached hydrogen (secondary N) is 2. The molecule has 3 aliphatic rings. The molecule has 0 radical (unpaired) electrons. The van der Waals surface area contributed by atoms with Crippen LogP contribution in [0.4, 0.5) is 4.79 Å². The van der Waals surface area contributed by atoms with E-state index >= 15 is 0 Å². The van der Waals surface area contributed by atoms with Crippen LogP contribution in [0.2, 0.25) is 0 Å². The molecule has 3 amide bonds. The predicted molar refractivity (Wildman–Crippen MR) is 151 cm³/mol. The van der Waals surface area contributed by atoms with Crippen molar-refractivity contribution in [1.29, 1.82) is 0 Å². The highest BCUT2D eigenvalue weighted by atomic mass is 16.6. The van der Waals surface area contributed by atoms with Gasteiger partial charge in [-0.25, -0.2) is 9.59 Å². The third-order valence-corrected chi connectivity index (χ3v) is 8.80. The van der Waals surface area contributed by atoms with Crippen LogP contribution in [0.5, 0.6) is 0 Å². The van der Waals surface area contributed by atoms with Crippen molar-refractivity contribution in [2.24, 2.45) is 29.1 Å². The number of carboxylic acid groups (broad SMARTS) is 1. The molecule has 1 saturated carbocycles. The molecule has 224 valence electrons. The molecule has 2 fully saturated rings. The Morgan fingerprint density at radius 2 is 1.63 bits per heavy atom. The second-order valence-corrected chi connectivity index (χ2v) is 13.8. The highest BCUT2D eigenvalue weighted by Crippen LogP contribution is 2.65. The van der Waals surface area contributed by atoms with Gasteiger partial charge in [0.15, 0.2) is 0 Å². The number of amides is 3. The number of hydrogen-bond donors (Lipinski definition) is 3. The molecular formula is C31H43N3O7. The van der Waals surface area contributed by atoms with Crippen molar-refractivity contribution in [3.8, 4) is 0 Å². The summed E-state index contributed by atoms with van der Waals surface area (Å²) in [7, 11) is 0. The van der Waals surface area contributed by atoms with Gasteiger partial charge in [-0.15, -0.1) is 0 Å². The number of Topliss-reactive ketones (excluding diaryl/α,β-unsaturated/α-hetero) is 1. The smallest absolute Gasteiger partial charge is 0.408 e. The molecule has 5 atom stereocenters. The molecular weight excluding hydrogens is 526 g/mol. The SMILES string of the molecule is CC(C)CC(NC(=O)[C@@H]1C2C(CN1C(=O)[C@@H](NC(=O)OC(C)(C)C)C1Cc3ccccc3C1)C2(C)C)C(=O)C(=O)O. The van der Waals surface area contributed by atoms with Crippen LogP contribution >= 0.6 is 0 Å². The Labute approximate surface area is 241 Å². The van der Waals surface area contributed by atoms with E-state index in [1.807, 2.05) is 52.0 Å². The van der Waals surface area contributed by atoms with Gasteiger partial charge >= 0.3 is 12.1 Å². The number of hydrogen-bond acceptors (Lipinski definition) is 6. The third-order valence-electron chi connectivity index (χ3n) is 8.80. The van der Waals surface area contributed by atoms with Gasteiger partial charge in [-0.3, -0.25) is 14.4 Å². The first-order chi connectivity index (χ1) is 19.0. The fraction of sp³-hybridized carbons (Fsp3) is 0.645. The lowest BCUT2D eigenvalue weighted by atomic mass is 9.93. The van der Waals surface area contributed by atoms with Gasteiger partial charge in [0.2, 0.25) is 11.8 Å². The first kappa shape index (κ1) is 30.5. The fourth-order valence-electron chi connectivity index (χ4n) is 6.75. The number of likely N-dealkylation sites (tertiary alicyclic amines) is 1. The van der Waals surface area contributed by atoms with E-state index in [9.17, 15) is 29.1 Å². The van der Waals surface area contributed by atoms with Gasteiger partial charge in [0, 0.05) is 6.54 Å². The summed E-state index contributed by atoms with van der Waals surface area (Å²) < 4.78 is 5.50. The van der Waals surface area contributed by atoms with E-state index in [-0.39, 0.29) is 41.4 Å². The summed E-state index contributed by atoms with van der Waals surface area (Å²) in [5.41, 5.74) is 1.27. The van der Waals surface area contributed by atoms with Gasteiger partial charge < -0.3 is 25.4 Å². The van der Waals surface area contributed by atoms with Gasteiger partial charge in [-0.1, -0.05) is 52.0 Å². The monoisotopic (exact) mass is 569 g/mol. The summed E-state index contributed by atoms with van der Waals surface area (Å²) in [5, 5.41) is 14.8. The molecule has 1 saturated heterocycles. The molecule has 3 N–H and O–H groups in total. The molecule has 0 bridgehead atoms. The number of nitrogens with zero attached hydrogens (tertiary/aromatic N) is 1. The Kier molecular flexibility index (Phi) is 8.26. The van der Waals surface area contributed by atoms with Gasteiger partial charge in [0.05, 0.1) is 6.04 Å². The number of fused-ring (bicyclic) bond motifs is 2. The molecule has 4 rings (SSSR count). The van der Waals surface area contributed by atoms with E-state index in [0.717, 1.165) is 11.1 Å². The number of carbonyl (C=O) groups is 5. The van der Waals surface area contributed by atoms with Gasteiger partial charge in [0.1, 0.15) is 17.7 Å². The molecule has 1 aromatic carbocycles. The first-order valence-corrected chi connectivity index (χ1v) is 14.5. The molecule has 1 aliphatic heterocycles. The number of piperidine rings is 1. The van der Waals surface area contributed by atoms with Crippen LogP contribution in [-0.2, 0) is 36.8 Å². The summed E-state index contributed by atoms with van der Waals surface area (Å²) >= 11 is 0. The van der Waals surface area contributed by atoms with Crippen molar-refractivity contribution in [2.75, 3.05) is 6.54 Å². The van der Waals surface area contributed by atoms with E-state index < -0.39 is 47.5 Å². The molecule has 41 heavy (non-hydrogen) atoms. The Morgan fingerprint density at radius 1 is 1.05 bits per heavy atom. The van der Waals surface area contributed by atoms with Crippen LogP contribution in [0.25, 0.3) is 0 Å². The van der Waals surface area contributed by atoms with Gasteiger partial charge in [-0.05, 0) is 80.2 Å². The largest absolute Gasteiger partial charge is 0.475 e. The normalized spacial score (nSPS) is 24.2. The minimum Gasteiger partial charge on any atom is -0.475 e. The summed E-state index contributed by atoms with van der Waals surface area (Å²) in [5.74, 6) is -3.95. The second kappa shape index (κ2) is 11.1. The van der Waals surface area contributed by atoms with E-state index in [4.69, 9.17) is 4.74 Å². The van der Waals surface area contributed by atoms with Crippen LogP contribution < -0.4 is 10.6 Å². The topological polar surface area (TPSA) is 142 Å². The molecule has 1 aromatic rings. The number of benzene rings is 1. The highest BCUT2D eigenvalue weighted by molar-refractivity contribution is 6.35. The molecule has 10 nitrogen and oxygen atoms in total. The second-order valence-electron chi connectivity index (χ2n) is 13.8. The number of alkyl carbamates (subject to hydrolysis) is 1. The van der Waals surface area contributed by atoms with Crippen molar-refractivity contribution >= 4 is 29.7 Å². The summed E-state index contributed by atoms with van der Waals surface area (Å²) in [6, 6.07) is 4.91. The first-order valence-electron chi connectivity index (χ1n) is 14.5. The van der Waals surface area contributed by atoms with E-state index in [1.165, 1.54) is 4.90 Å². The van der Waals surface area contributed by atoms with Crippen LogP contribution in [-0.4, -0.2) is 69.9 Å². The zero-order chi connectivity index (χ0) is 30.4. The number of rotatable bonds is 9. The number of ketones is 1. The quantitative estimate of drug-likeness (QED) is 0.388. The van der Waals surface area contributed by atoms with E-state index in [0.29, 0.717) is 19.4 Å². The molecule has 3 unspecified atom stereocenters. The predicted octanol–water partition coefficient (Wildman–Crippen LogP) is 2.96. The molecule has 0 spiro atoms. The zero-order valence-corrected chi connectivity index (χ0v) is 25.0. The minimum absolute atomic E-state index is 0.0403. The van der Waals surface area contributed by atoms with Crippen molar-refractivity contribution in [3.05, 3.63) is 35.4 Å². The van der Waals surface area contributed by atoms with Gasteiger partial charge in [0.25, 0.3) is 5.78 Å². The maximum atomic E-state index is 14.3. The average molecular weight is 570 g/mol. The van der Waals surface area contributed by atoms with Gasteiger partial charge in [-0.2, -0.15) is 0 Å². The summed E-state index contributed by atoms with van der Waals surface area (Å²) in [6.45, 7) is 13.3. The van der Waals surface area contributed by atoms with E-state index in [2.05, 4.69) is 10.6 Å². The Bertz CT molecular complexity index is 1210. The minimum atomic E-state index is -1.61. The maximum Gasteiger partial charge on any atom is 0.408 e. The van der Waals surface area contributed by atoms with Crippen molar-refractivity contribution in [3.63, 3.8) is 0 Å². The van der Waals surface area contributed by atoms with Crippen molar-refractivity contribution in [1.82, 2.24) is 15.5 Å². The lowest BCUT2D eigenvalue weighted by Gasteiger charge is -2.35. The number of ether oxygens (including phenoxy) is 1. The van der Waals surface area contributed by atoms with Crippen LogP contribution in [0, 0.1) is 29.1 Å². The van der Waals surface area contributed by atoms with E-state index in [1.54, 1.807) is 20.8 Å². The Morgan fingerprint density at radius 3 is 2.15 bits per heavy atom. The lowest BCUT2D eigenvalue weighted by molar-refractivity contribution is -0.151. The average Bonchev–Trinajstić information content (AvgIpc) is 3.24. The summed E-state index contributed by atoms with van der Waals surface area (Å²) in [4.78, 5) is 66.4. The Balaban J connectivity index is 1.61. The van der Waals surface area contributed by atoms with Crippen molar-refractivity contribution < 1.29 is 33.8 Å². The Hall–Kier alpha value is -3.43. The van der Waals surface area contributed by atoms with Crippen LogP contribution in [0.15, 0.2) is 24.3 Å².